The Bertz CT molecular complexity index is 704. The highest BCUT2D eigenvalue weighted by atomic mass is 16.4. The van der Waals surface area contributed by atoms with Gasteiger partial charge in [0.05, 0.1) is 24.6 Å². The lowest BCUT2D eigenvalue weighted by molar-refractivity contribution is -0.143. The Kier molecular flexibility index (Phi) is 9.26. The zero-order valence-electron chi connectivity index (χ0n) is 17.1. The molecule has 0 aliphatic rings. The van der Waals surface area contributed by atoms with E-state index in [4.69, 9.17) is 5.73 Å². The minimum atomic E-state index is -1.15. The summed E-state index contributed by atoms with van der Waals surface area (Å²) >= 11 is 0. The van der Waals surface area contributed by atoms with E-state index in [-0.39, 0.29) is 24.8 Å². The van der Waals surface area contributed by atoms with Gasteiger partial charge in [0.2, 0.25) is 17.7 Å². The number of nitrogens with two attached hydrogens (primary N) is 1. The first-order valence-electron chi connectivity index (χ1n) is 9.36. The molecule has 1 rings (SSSR count). The maximum atomic E-state index is 12.5. The molecule has 0 aliphatic heterocycles. The molecule has 162 valence electrons. The van der Waals surface area contributed by atoms with Crippen LogP contribution in [0.4, 0.5) is 0 Å². The Morgan fingerprint density at radius 1 is 1.07 bits per heavy atom. The molecule has 0 aromatic carbocycles. The molecular formula is C18H30N6O5. The summed E-state index contributed by atoms with van der Waals surface area (Å²) < 4.78 is 0. The highest BCUT2D eigenvalue weighted by molar-refractivity contribution is 5.92. The fourth-order valence-electron chi connectivity index (χ4n) is 2.54. The molecule has 0 saturated heterocycles. The largest absolute Gasteiger partial charge is 0.480 e. The fraction of sp³-hybridized carbons (Fsp3) is 0.611. The highest BCUT2D eigenvalue weighted by Gasteiger charge is 2.30. The van der Waals surface area contributed by atoms with Gasteiger partial charge in [0.1, 0.15) is 12.1 Å². The van der Waals surface area contributed by atoms with Crippen LogP contribution in [0.1, 0.15) is 33.4 Å². The molecule has 1 aromatic rings. The number of carbonyl (C=O) groups excluding carboxylic acids is 3. The van der Waals surface area contributed by atoms with Gasteiger partial charge < -0.3 is 31.8 Å². The Morgan fingerprint density at radius 3 is 2.17 bits per heavy atom. The van der Waals surface area contributed by atoms with Crippen LogP contribution in [0.25, 0.3) is 0 Å². The van der Waals surface area contributed by atoms with Gasteiger partial charge >= 0.3 is 5.97 Å². The van der Waals surface area contributed by atoms with E-state index in [0.29, 0.717) is 5.69 Å². The Hall–Kier alpha value is -2.95. The highest BCUT2D eigenvalue weighted by Crippen LogP contribution is 2.06. The van der Waals surface area contributed by atoms with E-state index >= 15 is 0 Å². The summed E-state index contributed by atoms with van der Waals surface area (Å²) in [6, 6.07) is -2.89. The van der Waals surface area contributed by atoms with Crippen LogP contribution in [0.3, 0.4) is 0 Å². The molecule has 0 aliphatic carbocycles. The lowest BCUT2D eigenvalue weighted by Crippen LogP contribution is -2.56. The summed E-state index contributed by atoms with van der Waals surface area (Å²) in [4.78, 5) is 54.7. The first kappa shape index (κ1) is 24.1. The Balaban J connectivity index is 2.58. The Labute approximate surface area is 169 Å². The van der Waals surface area contributed by atoms with Crippen molar-refractivity contribution in [2.45, 2.75) is 52.2 Å². The number of carboxylic acids is 1. The second kappa shape index (κ2) is 11.1. The van der Waals surface area contributed by atoms with Crippen LogP contribution in [0.15, 0.2) is 12.5 Å². The Morgan fingerprint density at radius 2 is 1.69 bits per heavy atom. The van der Waals surface area contributed by atoms with Crippen LogP contribution in [0.5, 0.6) is 0 Å². The zero-order valence-corrected chi connectivity index (χ0v) is 17.1. The van der Waals surface area contributed by atoms with Crippen LogP contribution < -0.4 is 21.7 Å². The van der Waals surface area contributed by atoms with Gasteiger partial charge in [-0.3, -0.25) is 14.4 Å². The lowest BCUT2D eigenvalue weighted by Gasteiger charge is -2.25. The van der Waals surface area contributed by atoms with E-state index in [1.54, 1.807) is 33.9 Å². The standard InChI is InChI=1S/C18H30N6O5/c1-9(2)14(17(27)24-15(10(3)4)18(28)29)23-13(25)7-21-16(26)12(19)5-11-6-20-8-22-11/h6,8-10,12,14-15H,5,7,19H2,1-4H3,(H,20,22)(H,21,26)(H,23,25)(H,24,27)(H,28,29)/t12-,14-,15-/m0/s1. The summed E-state index contributed by atoms with van der Waals surface area (Å²) in [7, 11) is 0. The van der Waals surface area contributed by atoms with Crippen LogP contribution in [-0.4, -0.2) is 63.4 Å². The SMILES string of the molecule is CC(C)[C@H](NC(=O)[C@@H](NC(=O)CNC(=O)[C@@H](N)Cc1c[nH]cn1)C(C)C)C(=O)O. The third-order valence-electron chi connectivity index (χ3n) is 4.24. The number of imidazole rings is 1. The van der Waals surface area contributed by atoms with Crippen molar-refractivity contribution in [3.05, 3.63) is 18.2 Å². The molecule has 29 heavy (non-hydrogen) atoms. The van der Waals surface area contributed by atoms with Gasteiger partial charge in [-0.1, -0.05) is 27.7 Å². The zero-order chi connectivity index (χ0) is 22.1. The number of hydrogen-bond acceptors (Lipinski definition) is 6. The molecule has 3 atom stereocenters. The van der Waals surface area contributed by atoms with Crippen molar-refractivity contribution in [2.75, 3.05) is 6.54 Å². The molecule has 0 saturated carbocycles. The average Bonchev–Trinajstić information content (AvgIpc) is 3.13. The molecule has 1 heterocycles. The van der Waals surface area contributed by atoms with Crippen molar-refractivity contribution in [2.24, 2.45) is 17.6 Å². The number of hydrogen-bond donors (Lipinski definition) is 6. The summed E-state index contributed by atoms with van der Waals surface area (Å²) in [5, 5.41) is 16.6. The molecule has 1 aromatic heterocycles. The summed E-state index contributed by atoms with van der Waals surface area (Å²) in [6.45, 7) is 6.41. The van der Waals surface area contributed by atoms with Crippen molar-refractivity contribution in [3.63, 3.8) is 0 Å². The smallest absolute Gasteiger partial charge is 0.326 e. The van der Waals surface area contributed by atoms with Gasteiger partial charge in [-0.15, -0.1) is 0 Å². The van der Waals surface area contributed by atoms with Crippen LogP contribution in [0, 0.1) is 11.8 Å². The third-order valence-corrected chi connectivity index (χ3v) is 4.24. The van der Waals surface area contributed by atoms with Crippen LogP contribution >= 0.6 is 0 Å². The summed E-state index contributed by atoms with van der Waals surface area (Å²) in [6.07, 6.45) is 3.30. The molecule has 0 unspecified atom stereocenters. The second-order valence-corrected chi connectivity index (χ2v) is 7.45. The first-order chi connectivity index (χ1) is 13.5. The van der Waals surface area contributed by atoms with Gasteiger partial charge in [0, 0.05) is 12.6 Å². The average molecular weight is 410 g/mol. The van der Waals surface area contributed by atoms with Gasteiger partial charge in [-0.2, -0.15) is 0 Å². The predicted molar refractivity (Wildman–Crippen MR) is 104 cm³/mol. The van der Waals surface area contributed by atoms with Crippen molar-refractivity contribution in [1.82, 2.24) is 25.9 Å². The van der Waals surface area contributed by atoms with Crippen molar-refractivity contribution < 1.29 is 24.3 Å². The number of carbonyl (C=O) groups is 4. The first-order valence-corrected chi connectivity index (χ1v) is 9.36. The number of aromatic amines is 1. The van der Waals surface area contributed by atoms with E-state index in [1.165, 1.54) is 6.33 Å². The van der Waals surface area contributed by atoms with Crippen LogP contribution in [-0.2, 0) is 25.6 Å². The number of nitrogens with zero attached hydrogens (tertiary/aromatic N) is 1. The van der Waals surface area contributed by atoms with E-state index in [9.17, 15) is 24.3 Å². The quantitative estimate of drug-likeness (QED) is 0.264. The van der Waals surface area contributed by atoms with E-state index in [1.807, 2.05) is 0 Å². The second-order valence-electron chi connectivity index (χ2n) is 7.45. The summed E-state index contributed by atoms with van der Waals surface area (Å²) in [5.74, 6) is -3.49. The predicted octanol–water partition coefficient (Wildman–Crippen LogP) is -1.24. The van der Waals surface area contributed by atoms with Gasteiger partial charge in [-0.25, -0.2) is 9.78 Å². The number of carboxylic acid groups (broad SMARTS) is 1. The van der Waals surface area contributed by atoms with Crippen molar-refractivity contribution in [1.29, 1.82) is 0 Å². The van der Waals surface area contributed by atoms with Gasteiger partial charge in [0.15, 0.2) is 0 Å². The monoisotopic (exact) mass is 410 g/mol. The molecule has 0 radical (unpaired) electrons. The molecule has 11 nitrogen and oxygen atoms in total. The number of aromatic nitrogens is 2. The van der Waals surface area contributed by atoms with Crippen molar-refractivity contribution >= 4 is 23.7 Å². The number of amides is 3. The maximum Gasteiger partial charge on any atom is 0.326 e. The van der Waals surface area contributed by atoms with Crippen molar-refractivity contribution in [3.8, 4) is 0 Å². The third kappa shape index (κ3) is 7.90. The van der Waals surface area contributed by atoms with E-state index in [2.05, 4.69) is 25.9 Å². The lowest BCUT2D eigenvalue weighted by atomic mass is 10.0. The minimum Gasteiger partial charge on any atom is -0.480 e. The number of rotatable bonds is 11. The van der Waals surface area contributed by atoms with Gasteiger partial charge in [0.25, 0.3) is 0 Å². The van der Waals surface area contributed by atoms with Gasteiger partial charge in [-0.05, 0) is 11.8 Å². The molecular weight excluding hydrogens is 380 g/mol. The van der Waals surface area contributed by atoms with Crippen LogP contribution in [0.2, 0.25) is 0 Å². The molecule has 0 bridgehead atoms. The molecule has 0 spiro atoms. The molecule has 0 fully saturated rings. The fourth-order valence-corrected chi connectivity index (χ4v) is 2.54. The van der Waals surface area contributed by atoms with E-state index < -0.39 is 41.8 Å². The maximum absolute atomic E-state index is 12.5. The number of H-pyrrole nitrogens is 1. The minimum absolute atomic E-state index is 0.208. The molecule has 11 heteroatoms. The number of nitrogens with one attached hydrogen (secondary N) is 4. The molecule has 3 amide bonds. The topological polar surface area (TPSA) is 179 Å². The number of aliphatic carboxylic acids is 1. The van der Waals surface area contributed by atoms with E-state index in [0.717, 1.165) is 0 Å². The normalized spacial score (nSPS) is 14.2. The summed E-state index contributed by atoms with van der Waals surface area (Å²) in [5.41, 5.74) is 6.40. The molecule has 7 N–H and O–H groups in total.